The van der Waals surface area contributed by atoms with Gasteiger partial charge in [0, 0.05) is 25.7 Å². The SMILES string of the molecule is CC1CNCCN1S(=O)(=O)c1cccc(COCC(F)(F)C(F)F)c1.Cl. The molecule has 11 heteroatoms. The van der Waals surface area contributed by atoms with Crippen LogP contribution in [0, 0.1) is 0 Å². The van der Waals surface area contributed by atoms with E-state index in [0.717, 1.165) is 0 Å². The van der Waals surface area contributed by atoms with Crippen LogP contribution in [0.4, 0.5) is 17.6 Å². The molecule has 26 heavy (non-hydrogen) atoms. The molecule has 1 aliphatic heterocycles. The first-order valence-corrected chi connectivity index (χ1v) is 9.14. The van der Waals surface area contributed by atoms with E-state index >= 15 is 0 Å². The number of ether oxygens (including phenoxy) is 1. The lowest BCUT2D eigenvalue weighted by Crippen LogP contribution is -2.52. The molecular formula is C15H21ClF4N2O3S. The quantitative estimate of drug-likeness (QED) is 0.689. The monoisotopic (exact) mass is 420 g/mol. The summed E-state index contributed by atoms with van der Waals surface area (Å²) in [4.78, 5) is 0.0166. The maximum absolute atomic E-state index is 12.8. The fourth-order valence-corrected chi connectivity index (χ4v) is 4.18. The van der Waals surface area contributed by atoms with Crippen molar-refractivity contribution in [2.75, 3.05) is 26.2 Å². The van der Waals surface area contributed by atoms with Gasteiger partial charge >= 0.3 is 12.3 Å². The van der Waals surface area contributed by atoms with Crippen molar-refractivity contribution in [1.29, 1.82) is 0 Å². The largest absolute Gasteiger partial charge is 0.370 e. The second-order valence-electron chi connectivity index (χ2n) is 5.87. The van der Waals surface area contributed by atoms with Gasteiger partial charge in [0.2, 0.25) is 10.0 Å². The highest BCUT2D eigenvalue weighted by Gasteiger charge is 2.41. The fraction of sp³-hybridized carbons (Fsp3) is 0.600. The normalized spacial score (nSPS) is 19.4. The number of hydrogen-bond acceptors (Lipinski definition) is 4. The summed E-state index contributed by atoms with van der Waals surface area (Å²) in [6, 6.07) is 5.44. The molecule has 0 radical (unpaired) electrons. The zero-order valence-corrected chi connectivity index (χ0v) is 15.6. The topological polar surface area (TPSA) is 58.6 Å². The van der Waals surface area contributed by atoms with Crippen LogP contribution in [0.15, 0.2) is 29.2 Å². The Morgan fingerprint density at radius 2 is 2.08 bits per heavy atom. The Bertz CT molecular complexity index is 691. The van der Waals surface area contributed by atoms with Crippen LogP contribution < -0.4 is 5.32 Å². The van der Waals surface area contributed by atoms with Crippen molar-refractivity contribution in [3.8, 4) is 0 Å². The van der Waals surface area contributed by atoms with Gasteiger partial charge in [-0.15, -0.1) is 12.4 Å². The zero-order valence-electron chi connectivity index (χ0n) is 14.0. The second kappa shape index (κ2) is 9.32. The van der Waals surface area contributed by atoms with Crippen molar-refractivity contribution in [2.24, 2.45) is 0 Å². The lowest BCUT2D eigenvalue weighted by Gasteiger charge is -2.32. The maximum atomic E-state index is 12.8. The molecule has 1 unspecified atom stereocenters. The molecule has 0 bridgehead atoms. The Morgan fingerprint density at radius 3 is 2.69 bits per heavy atom. The first kappa shape index (κ1) is 23.1. The predicted molar refractivity (Wildman–Crippen MR) is 90.5 cm³/mol. The van der Waals surface area contributed by atoms with Gasteiger partial charge in [-0.2, -0.15) is 13.1 Å². The minimum atomic E-state index is -4.24. The maximum Gasteiger partial charge on any atom is 0.330 e. The Balaban J connectivity index is 0.00000338. The van der Waals surface area contributed by atoms with Crippen molar-refractivity contribution >= 4 is 22.4 Å². The van der Waals surface area contributed by atoms with E-state index in [4.69, 9.17) is 0 Å². The Kier molecular flexibility index (Phi) is 8.28. The predicted octanol–water partition coefficient (Wildman–Crippen LogP) is 2.51. The van der Waals surface area contributed by atoms with Crippen LogP contribution >= 0.6 is 12.4 Å². The third-order valence-corrected chi connectivity index (χ3v) is 5.84. The molecule has 0 saturated carbocycles. The molecule has 1 N–H and O–H groups in total. The first-order chi connectivity index (χ1) is 11.6. The molecule has 2 rings (SSSR count). The molecular weight excluding hydrogens is 400 g/mol. The summed E-state index contributed by atoms with van der Waals surface area (Å²) >= 11 is 0. The lowest BCUT2D eigenvalue weighted by molar-refractivity contribution is -0.168. The Morgan fingerprint density at radius 1 is 1.38 bits per heavy atom. The summed E-state index contributed by atoms with van der Waals surface area (Å²) in [5, 5.41) is 3.09. The Hall–Kier alpha value is -0.940. The number of piperazine rings is 1. The molecule has 0 amide bonds. The Labute approximate surface area is 156 Å². The first-order valence-electron chi connectivity index (χ1n) is 7.70. The van der Waals surface area contributed by atoms with Crippen LogP contribution in [0.25, 0.3) is 0 Å². The molecule has 1 atom stereocenters. The van der Waals surface area contributed by atoms with Gasteiger partial charge in [0.1, 0.15) is 6.61 Å². The van der Waals surface area contributed by atoms with Crippen LogP contribution in [-0.2, 0) is 21.4 Å². The summed E-state index contributed by atoms with van der Waals surface area (Å²) in [5.74, 6) is -4.24. The third-order valence-electron chi connectivity index (χ3n) is 3.83. The number of rotatable bonds is 7. The molecule has 1 saturated heterocycles. The van der Waals surface area contributed by atoms with Gasteiger partial charge in [-0.1, -0.05) is 12.1 Å². The van der Waals surface area contributed by atoms with Crippen LogP contribution in [0.1, 0.15) is 12.5 Å². The van der Waals surface area contributed by atoms with Crippen molar-refractivity contribution in [1.82, 2.24) is 9.62 Å². The van der Waals surface area contributed by atoms with E-state index in [1.54, 1.807) is 6.92 Å². The van der Waals surface area contributed by atoms with Gasteiger partial charge in [-0.3, -0.25) is 0 Å². The van der Waals surface area contributed by atoms with E-state index in [9.17, 15) is 26.0 Å². The van der Waals surface area contributed by atoms with E-state index in [1.807, 2.05) is 0 Å². The molecule has 0 aromatic heterocycles. The third kappa shape index (κ3) is 5.53. The molecule has 0 aliphatic carbocycles. The minimum Gasteiger partial charge on any atom is -0.370 e. The molecule has 1 fully saturated rings. The van der Waals surface area contributed by atoms with Crippen molar-refractivity contribution in [2.45, 2.75) is 36.8 Å². The molecule has 1 aromatic rings. The van der Waals surface area contributed by atoms with Gasteiger partial charge in [0.25, 0.3) is 0 Å². The standard InChI is InChI=1S/C15H20F4N2O3S.ClH/c1-11-8-20-5-6-21(11)25(22,23)13-4-2-3-12(7-13)9-24-10-15(18,19)14(16)17;/h2-4,7,11,14,20H,5-6,8-10H2,1H3;1H. The van der Waals surface area contributed by atoms with Crippen LogP contribution in [0.2, 0.25) is 0 Å². The average molecular weight is 421 g/mol. The van der Waals surface area contributed by atoms with Crippen LogP contribution in [-0.4, -0.2) is 57.4 Å². The summed E-state index contributed by atoms with van der Waals surface area (Å²) in [6.45, 7) is 1.35. The highest BCUT2D eigenvalue weighted by Crippen LogP contribution is 2.24. The fourth-order valence-electron chi connectivity index (χ4n) is 2.48. The van der Waals surface area contributed by atoms with Gasteiger partial charge in [0.05, 0.1) is 11.5 Å². The highest BCUT2D eigenvalue weighted by molar-refractivity contribution is 7.89. The van der Waals surface area contributed by atoms with Crippen molar-refractivity contribution in [3.05, 3.63) is 29.8 Å². The van der Waals surface area contributed by atoms with Gasteiger partial charge in [0.15, 0.2) is 0 Å². The summed E-state index contributed by atoms with van der Waals surface area (Å²) in [7, 11) is -3.73. The van der Waals surface area contributed by atoms with Crippen molar-refractivity contribution in [3.63, 3.8) is 0 Å². The molecule has 1 aromatic carbocycles. The number of alkyl halides is 4. The van der Waals surface area contributed by atoms with Gasteiger partial charge in [-0.25, -0.2) is 17.2 Å². The number of sulfonamides is 1. The van der Waals surface area contributed by atoms with E-state index < -0.39 is 29.0 Å². The zero-order chi connectivity index (χ0) is 18.7. The van der Waals surface area contributed by atoms with Crippen molar-refractivity contribution < 1.29 is 30.7 Å². The number of hydrogen-bond donors (Lipinski definition) is 1. The molecule has 1 aliphatic rings. The van der Waals surface area contributed by atoms with Crippen LogP contribution in [0.3, 0.4) is 0 Å². The molecule has 5 nitrogen and oxygen atoms in total. The second-order valence-corrected chi connectivity index (χ2v) is 7.76. The smallest absolute Gasteiger partial charge is 0.330 e. The molecule has 0 spiro atoms. The highest BCUT2D eigenvalue weighted by atomic mass is 35.5. The van der Waals surface area contributed by atoms with Gasteiger partial charge in [-0.05, 0) is 24.6 Å². The minimum absolute atomic E-state index is 0. The molecule has 1 heterocycles. The van der Waals surface area contributed by atoms with Gasteiger partial charge < -0.3 is 10.1 Å². The number of nitrogens with one attached hydrogen (secondary N) is 1. The van der Waals surface area contributed by atoms with E-state index in [1.165, 1.54) is 28.6 Å². The van der Waals surface area contributed by atoms with E-state index in [-0.39, 0.29) is 30.0 Å². The lowest BCUT2D eigenvalue weighted by atomic mass is 10.2. The summed E-state index contributed by atoms with van der Waals surface area (Å²) in [5.41, 5.74) is 0.314. The van der Waals surface area contributed by atoms with E-state index in [2.05, 4.69) is 10.1 Å². The number of nitrogens with zero attached hydrogens (tertiary/aromatic N) is 1. The number of halogens is 5. The molecule has 150 valence electrons. The van der Waals surface area contributed by atoms with Crippen LogP contribution in [0.5, 0.6) is 0 Å². The van der Waals surface area contributed by atoms with E-state index in [0.29, 0.717) is 25.2 Å². The summed E-state index contributed by atoms with van der Waals surface area (Å²) in [6.07, 6.45) is -3.81. The average Bonchev–Trinajstić information content (AvgIpc) is 2.55. The summed E-state index contributed by atoms with van der Waals surface area (Å²) < 4.78 is 81.2. The number of benzene rings is 1.